The van der Waals surface area contributed by atoms with Gasteiger partial charge < -0.3 is 9.90 Å². The van der Waals surface area contributed by atoms with E-state index in [9.17, 15) is 9.90 Å². The van der Waals surface area contributed by atoms with Gasteiger partial charge in [-0.25, -0.2) is 0 Å². The summed E-state index contributed by atoms with van der Waals surface area (Å²) in [5.74, 6) is -1.11. The smallest absolute Gasteiger partial charge is 0.0643 e. The zero-order valence-corrected chi connectivity index (χ0v) is 11.6. The molecule has 21 heavy (non-hydrogen) atoms. The van der Waals surface area contributed by atoms with Crippen molar-refractivity contribution in [1.82, 2.24) is 4.90 Å². The number of likely N-dealkylation sites (tertiary alicyclic amines) is 1. The molecule has 0 amide bonds. The Kier molecular flexibility index (Phi) is 3.84. The lowest BCUT2D eigenvalue weighted by Gasteiger charge is -2.41. The second kappa shape index (κ2) is 5.94. The number of aliphatic carboxylic acids is 1. The van der Waals surface area contributed by atoms with Crippen molar-refractivity contribution in [2.75, 3.05) is 13.1 Å². The summed E-state index contributed by atoms with van der Waals surface area (Å²) in [6.45, 7) is 1.34. The first-order valence-electron chi connectivity index (χ1n) is 6.98. The fourth-order valence-corrected chi connectivity index (χ4v) is 2.80. The van der Waals surface area contributed by atoms with Gasteiger partial charge in [0.05, 0.1) is 12.0 Å². The van der Waals surface area contributed by atoms with Crippen LogP contribution in [-0.2, 0) is 4.79 Å². The van der Waals surface area contributed by atoms with E-state index in [4.69, 9.17) is 0 Å². The third kappa shape index (κ3) is 3.03. The van der Waals surface area contributed by atoms with Crippen LogP contribution in [0.2, 0.25) is 0 Å². The number of carbonyl (C=O) groups excluding carboxylic acids is 1. The molecule has 0 N–H and O–H groups in total. The van der Waals surface area contributed by atoms with Crippen molar-refractivity contribution in [3.63, 3.8) is 0 Å². The second-order valence-corrected chi connectivity index (χ2v) is 5.25. The summed E-state index contributed by atoms with van der Waals surface area (Å²) in [6, 6.07) is 20.7. The summed E-state index contributed by atoms with van der Waals surface area (Å²) < 4.78 is 0. The van der Waals surface area contributed by atoms with Crippen LogP contribution >= 0.6 is 0 Å². The molecule has 0 unspecified atom stereocenters. The van der Waals surface area contributed by atoms with Crippen LogP contribution in [0.1, 0.15) is 17.2 Å². The molecule has 0 atom stereocenters. The van der Waals surface area contributed by atoms with Gasteiger partial charge in [0.15, 0.2) is 0 Å². The van der Waals surface area contributed by atoms with E-state index in [1.54, 1.807) is 0 Å². The van der Waals surface area contributed by atoms with Crippen molar-refractivity contribution in [2.24, 2.45) is 0 Å². The van der Waals surface area contributed by atoms with Gasteiger partial charge in [-0.05, 0) is 22.8 Å². The maximum absolute atomic E-state index is 10.6. The Morgan fingerprint density at radius 2 is 1.43 bits per heavy atom. The lowest BCUT2D eigenvalue weighted by atomic mass is 9.93. The van der Waals surface area contributed by atoms with E-state index in [1.807, 2.05) is 36.4 Å². The van der Waals surface area contributed by atoms with Gasteiger partial charge in [-0.2, -0.15) is 0 Å². The van der Waals surface area contributed by atoms with Crippen LogP contribution in [0, 0.1) is 0 Å². The summed E-state index contributed by atoms with van der Waals surface area (Å²) >= 11 is 0. The van der Waals surface area contributed by atoms with Crippen molar-refractivity contribution < 1.29 is 9.90 Å². The number of benzene rings is 2. The monoisotopic (exact) mass is 278 g/mol. The molecule has 0 radical (unpaired) electrons. The molecule has 0 aromatic heterocycles. The Bertz CT molecular complexity index is 602. The fraction of sp³-hybridized carbons (Fsp3) is 0.167. The Labute approximate surface area is 124 Å². The minimum absolute atomic E-state index is 0.159. The van der Waals surface area contributed by atoms with E-state index in [0.29, 0.717) is 13.1 Å². The normalized spacial score (nSPS) is 14.8. The highest BCUT2D eigenvalue weighted by Crippen LogP contribution is 2.33. The topological polar surface area (TPSA) is 43.4 Å². The Hall–Kier alpha value is -2.39. The highest BCUT2D eigenvalue weighted by molar-refractivity contribution is 5.79. The minimum atomic E-state index is -1.11. The van der Waals surface area contributed by atoms with Gasteiger partial charge in [-0.1, -0.05) is 60.7 Å². The van der Waals surface area contributed by atoms with E-state index >= 15 is 0 Å². The average Bonchev–Trinajstić information content (AvgIpc) is 2.47. The lowest BCUT2D eigenvalue weighted by Crippen LogP contribution is -2.44. The van der Waals surface area contributed by atoms with Crippen LogP contribution < -0.4 is 5.11 Å². The van der Waals surface area contributed by atoms with Crippen molar-refractivity contribution in [1.29, 1.82) is 0 Å². The third-order valence-electron chi connectivity index (χ3n) is 3.73. The van der Waals surface area contributed by atoms with Gasteiger partial charge in [-0.15, -0.1) is 0 Å². The van der Waals surface area contributed by atoms with Gasteiger partial charge in [0, 0.05) is 13.1 Å². The second-order valence-electron chi connectivity index (χ2n) is 5.25. The molecule has 2 aromatic rings. The van der Waals surface area contributed by atoms with Crippen LogP contribution in [0.25, 0.3) is 0 Å². The van der Waals surface area contributed by atoms with Crippen molar-refractivity contribution in [2.45, 2.75) is 6.04 Å². The number of nitrogens with zero attached hydrogens (tertiary/aromatic N) is 1. The number of hydrogen-bond donors (Lipinski definition) is 0. The highest BCUT2D eigenvalue weighted by atomic mass is 16.4. The Morgan fingerprint density at radius 1 is 0.952 bits per heavy atom. The van der Waals surface area contributed by atoms with E-state index in [-0.39, 0.29) is 6.04 Å². The van der Waals surface area contributed by atoms with E-state index < -0.39 is 5.97 Å². The SMILES string of the molecule is O=C([O-])C=C1CN(C(c2ccccc2)c2ccccc2)C1. The summed E-state index contributed by atoms with van der Waals surface area (Å²) in [5.41, 5.74) is 3.35. The van der Waals surface area contributed by atoms with Crippen LogP contribution in [0.5, 0.6) is 0 Å². The predicted molar refractivity (Wildman–Crippen MR) is 79.4 cm³/mol. The number of carboxylic acid groups (broad SMARTS) is 1. The first-order chi connectivity index (χ1) is 10.2. The van der Waals surface area contributed by atoms with Crippen molar-refractivity contribution in [3.05, 3.63) is 83.4 Å². The standard InChI is InChI=1S/C18H17NO2/c20-17(21)11-14-12-19(13-14)18(15-7-3-1-4-8-15)16-9-5-2-6-10-16/h1-11,18H,12-13H2,(H,20,21)/p-1. The average molecular weight is 278 g/mol. The fourth-order valence-electron chi connectivity index (χ4n) is 2.80. The van der Waals surface area contributed by atoms with Gasteiger partial charge in [-0.3, -0.25) is 4.90 Å². The van der Waals surface area contributed by atoms with Gasteiger partial charge in [0.1, 0.15) is 0 Å². The van der Waals surface area contributed by atoms with E-state index in [1.165, 1.54) is 17.2 Å². The minimum Gasteiger partial charge on any atom is -0.545 e. The quantitative estimate of drug-likeness (QED) is 0.801. The molecule has 3 nitrogen and oxygen atoms in total. The number of carbonyl (C=O) groups is 1. The van der Waals surface area contributed by atoms with E-state index in [0.717, 1.165) is 5.57 Å². The molecule has 0 bridgehead atoms. The third-order valence-corrected chi connectivity index (χ3v) is 3.73. The first-order valence-corrected chi connectivity index (χ1v) is 6.98. The van der Waals surface area contributed by atoms with E-state index in [2.05, 4.69) is 29.2 Å². The molecule has 106 valence electrons. The molecular weight excluding hydrogens is 262 g/mol. The maximum atomic E-state index is 10.6. The van der Waals surface area contributed by atoms with Crippen molar-refractivity contribution in [3.8, 4) is 0 Å². The lowest BCUT2D eigenvalue weighted by molar-refractivity contribution is -0.297. The molecule has 1 fully saturated rings. The zero-order chi connectivity index (χ0) is 14.7. The maximum Gasteiger partial charge on any atom is 0.0643 e. The molecule has 0 aliphatic carbocycles. The van der Waals surface area contributed by atoms with Crippen LogP contribution in [-0.4, -0.2) is 24.0 Å². The predicted octanol–water partition coefficient (Wildman–Crippen LogP) is 1.77. The summed E-state index contributed by atoms with van der Waals surface area (Å²) in [4.78, 5) is 12.9. The molecule has 3 rings (SSSR count). The molecule has 0 spiro atoms. The molecule has 3 heteroatoms. The molecule has 0 saturated carbocycles. The summed E-state index contributed by atoms with van der Waals surface area (Å²) in [5, 5.41) is 10.6. The highest BCUT2D eigenvalue weighted by Gasteiger charge is 2.29. The largest absolute Gasteiger partial charge is 0.545 e. The summed E-state index contributed by atoms with van der Waals surface area (Å²) in [6.07, 6.45) is 1.21. The summed E-state index contributed by atoms with van der Waals surface area (Å²) in [7, 11) is 0. The van der Waals surface area contributed by atoms with Gasteiger partial charge >= 0.3 is 0 Å². The van der Waals surface area contributed by atoms with Crippen molar-refractivity contribution >= 4 is 5.97 Å². The molecule has 2 aromatic carbocycles. The number of rotatable bonds is 4. The molecule has 1 aliphatic heterocycles. The molecule has 1 saturated heterocycles. The zero-order valence-electron chi connectivity index (χ0n) is 11.6. The van der Waals surface area contributed by atoms with Crippen LogP contribution in [0.15, 0.2) is 72.3 Å². The van der Waals surface area contributed by atoms with Gasteiger partial charge in [0.2, 0.25) is 0 Å². The molecule has 1 aliphatic rings. The molecule has 1 heterocycles. The van der Waals surface area contributed by atoms with Crippen LogP contribution in [0.3, 0.4) is 0 Å². The molecular formula is C18H16NO2-. The Morgan fingerprint density at radius 3 is 1.86 bits per heavy atom. The number of hydrogen-bond acceptors (Lipinski definition) is 3. The first kappa shape index (κ1) is 13.6. The number of carboxylic acids is 1. The van der Waals surface area contributed by atoms with Crippen LogP contribution in [0.4, 0.5) is 0 Å². The van der Waals surface area contributed by atoms with Gasteiger partial charge in [0.25, 0.3) is 0 Å². The Balaban J connectivity index is 1.87.